The van der Waals surface area contributed by atoms with Crippen LogP contribution >= 0.6 is 0 Å². The maximum atomic E-state index is 12.6. The molecule has 0 saturated carbocycles. The molecule has 33 heavy (non-hydrogen) atoms. The molecule has 0 aliphatic carbocycles. The third-order valence-corrected chi connectivity index (χ3v) is 6.16. The van der Waals surface area contributed by atoms with Crippen molar-refractivity contribution in [3.63, 3.8) is 0 Å². The highest BCUT2D eigenvalue weighted by atomic mass is 16.5. The second-order valence-electron chi connectivity index (χ2n) is 8.73. The van der Waals surface area contributed by atoms with E-state index in [2.05, 4.69) is 18.8 Å². The van der Waals surface area contributed by atoms with Crippen LogP contribution in [0, 0.1) is 5.92 Å². The number of aromatic carboxylic acids is 1. The number of rotatable bonds is 8. The zero-order chi connectivity index (χ0) is 23.7. The molecule has 174 valence electrons. The van der Waals surface area contributed by atoms with Crippen LogP contribution in [-0.4, -0.2) is 45.5 Å². The number of nitrogens with zero attached hydrogens (tertiary/aromatic N) is 3. The minimum absolute atomic E-state index is 0.0200. The number of imidazole rings is 1. The number of carboxylic acid groups (broad SMARTS) is 1. The lowest BCUT2D eigenvalue weighted by atomic mass is 9.86. The van der Waals surface area contributed by atoms with Gasteiger partial charge in [0.05, 0.1) is 17.9 Å². The third kappa shape index (κ3) is 4.30. The summed E-state index contributed by atoms with van der Waals surface area (Å²) in [5.74, 6) is 0.514. The maximum Gasteiger partial charge on any atom is 0.341 e. The minimum Gasteiger partial charge on any atom is -0.493 e. The number of carboxylic acids is 1. The summed E-state index contributed by atoms with van der Waals surface area (Å²) < 4.78 is 15.2. The molecule has 3 aromatic rings. The molecule has 0 radical (unpaired) electrons. The Hall–Kier alpha value is -3.39. The quantitative estimate of drug-likeness (QED) is 0.524. The van der Waals surface area contributed by atoms with Crippen molar-refractivity contribution in [2.24, 2.45) is 13.0 Å². The summed E-state index contributed by atoms with van der Waals surface area (Å²) in [5, 5.41) is 9.49. The monoisotopic (exact) mass is 451 g/mol. The van der Waals surface area contributed by atoms with Crippen LogP contribution in [0.15, 0.2) is 41.6 Å². The molecule has 1 aliphatic heterocycles. The lowest BCUT2D eigenvalue weighted by Gasteiger charge is -2.34. The molecule has 4 rings (SSSR count). The number of methoxy groups -OCH3 is 1. The van der Waals surface area contributed by atoms with Crippen molar-refractivity contribution in [2.75, 3.05) is 20.3 Å². The number of aryl methyl sites for hydroxylation is 1. The summed E-state index contributed by atoms with van der Waals surface area (Å²) in [6.45, 7) is 5.32. The summed E-state index contributed by atoms with van der Waals surface area (Å²) >= 11 is 0. The molecule has 1 unspecified atom stereocenters. The van der Waals surface area contributed by atoms with Gasteiger partial charge in [-0.1, -0.05) is 13.8 Å². The van der Waals surface area contributed by atoms with E-state index in [0.29, 0.717) is 25.3 Å². The summed E-state index contributed by atoms with van der Waals surface area (Å²) in [7, 11) is 3.59. The van der Waals surface area contributed by atoms with E-state index in [1.165, 1.54) is 12.3 Å². The normalized spacial score (nSPS) is 14.8. The molecular formula is C25H29N3O5. The van der Waals surface area contributed by atoms with E-state index in [1.54, 1.807) is 13.3 Å². The van der Waals surface area contributed by atoms with E-state index in [-0.39, 0.29) is 17.5 Å². The van der Waals surface area contributed by atoms with Crippen LogP contribution in [0.1, 0.15) is 42.2 Å². The smallest absolute Gasteiger partial charge is 0.341 e. The Labute approximate surface area is 192 Å². The number of aromatic nitrogens is 3. The van der Waals surface area contributed by atoms with Gasteiger partial charge in [-0.2, -0.15) is 0 Å². The predicted molar refractivity (Wildman–Crippen MR) is 125 cm³/mol. The summed E-state index contributed by atoms with van der Waals surface area (Å²) in [6, 6.07) is 5.51. The van der Waals surface area contributed by atoms with Crippen LogP contribution in [-0.2, 0) is 18.2 Å². The fraction of sp³-hybridized carbons (Fsp3) is 0.400. The fourth-order valence-corrected chi connectivity index (χ4v) is 4.42. The van der Waals surface area contributed by atoms with Gasteiger partial charge in [0.1, 0.15) is 17.1 Å². The topological polar surface area (TPSA) is 95.6 Å². The molecule has 0 fully saturated rings. The first-order valence-electron chi connectivity index (χ1n) is 11.1. The number of benzene rings is 1. The average molecular weight is 452 g/mol. The lowest BCUT2D eigenvalue weighted by Crippen LogP contribution is -2.28. The largest absolute Gasteiger partial charge is 0.493 e. The number of fused-ring (bicyclic) bond motifs is 3. The van der Waals surface area contributed by atoms with Crippen LogP contribution in [0.2, 0.25) is 0 Å². The van der Waals surface area contributed by atoms with Crippen LogP contribution in [0.3, 0.4) is 0 Å². The Morgan fingerprint density at radius 1 is 1.24 bits per heavy atom. The average Bonchev–Trinajstić information content (AvgIpc) is 3.20. The first-order chi connectivity index (χ1) is 15.8. The fourth-order valence-electron chi connectivity index (χ4n) is 4.42. The molecule has 1 atom stereocenters. The highest BCUT2D eigenvalue weighted by Crippen LogP contribution is 2.42. The van der Waals surface area contributed by atoms with Crippen molar-refractivity contribution in [1.82, 2.24) is 14.1 Å². The highest BCUT2D eigenvalue weighted by molar-refractivity contribution is 5.88. The Kier molecular flexibility index (Phi) is 6.37. The summed E-state index contributed by atoms with van der Waals surface area (Å²) in [5.41, 5.74) is 2.78. The molecule has 0 saturated heterocycles. The molecule has 1 aromatic carbocycles. The van der Waals surface area contributed by atoms with Crippen molar-refractivity contribution < 1.29 is 19.4 Å². The molecule has 0 spiro atoms. The molecule has 2 aromatic heterocycles. The van der Waals surface area contributed by atoms with Gasteiger partial charge in [0, 0.05) is 63.4 Å². The number of pyridine rings is 1. The molecular weight excluding hydrogens is 422 g/mol. The Morgan fingerprint density at radius 3 is 2.67 bits per heavy atom. The van der Waals surface area contributed by atoms with E-state index in [4.69, 9.17) is 9.47 Å². The highest BCUT2D eigenvalue weighted by Gasteiger charge is 2.29. The number of carbonyl (C=O) groups is 1. The molecule has 1 N–H and O–H groups in total. The van der Waals surface area contributed by atoms with Crippen LogP contribution in [0.5, 0.6) is 5.75 Å². The standard InChI is InChI=1S/C25H29N3O5/c1-15(2)20-10-16-11-23(33-9-5-8-32-4)18(24-26-6-7-27(24)3)12-17(16)21-13-22(29)19(25(30)31)14-28(20)21/h6-7,11-15,20H,5,8-10H2,1-4H3,(H,30,31). The van der Waals surface area contributed by atoms with Gasteiger partial charge in [-0.15, -0.1) is 0 Å². The first-order valence-corrected chi connectivity index (χ1v) is 11.1. The number of hydrogen-bond donors (Lipinski definition) is 1. The second kappa shape index (κ2) is 9.23. The molecule has 1 aliphatic rings. The number of hydrogen-bond acceptors (Lipinski definition) is 5. The Morgan fingerprint density at radius 2 is 2.03 bits per heavy atom. The Balaban J connectivity index is 1.90. The van der Waals surface area contributed by atoms with E-state index >= 15 is 0 Å². The van der Waals surface area contributed by atoms with Crippen molar-refractivity contribution >= 4 is 5.97 Å². The Bertz CT molecular complexity index is 1240. The molecule has 0 bridgehead atoms. The molecule has 8 nitrogen and oxygen atoms in total. The van der Waals surface area contributed by atoms with E-state index < -0.39 is 11.4 Å². The lowest BCUT2D eigenvalue weighted by molar-refractivity contribution is 0.0694. The van der Waals surface area contributed by atoms with Crippen LogP contribution in [0.25, 0.3) is 22.6 Å². The SMILES string of the molecule is COCCCOc1cc2c(cc1-c1nccn1C)-c1cc(=O)c(C(=O)O)cn1C(C(C)C)C2. The van der Waals surface area contributed by atoms with Gasteiger partial charge in [-0.3, -0.25) is 4.79 Å². The van der Waals surface area contributed by atoms with Crippen LogP contribution in [0.4, 0.5) is 0 Å². The van der Waals surface area contributed by atoms with Gasteiger partial charge >= 0.3 is 5.97 Å². The van der Waals surface area contributed by atoms with Crippen LogP contribution < -0.4 is 10.2 Å². The minimum atomic E-state index is -1.21. The van der Waals surface area contributed by atoms with Crippen molar-refractivity contribution in [3.8, 4) is 28.4 Å². The first kappa shape index (κ1) is 22.8. The predicted octanol–water partition coefficient (Wildman–Crippen LogP) is 3.78. The zero-order valence-electron chi connectivity index (χ0n) is 19.4. The van der Waals surface area contributed by atoms with Gasteiger partial charge in [0.25, 0.3) is 0 Å². The van der Waals surface area contributed by atoms with Gasteiger partial charge in [-0.25, -0.2) is 9.78 Å². The van der Waals surface area contributed by atoms with Gasteiger partial charge in [0.2, 0.25) is 0 Å². The molecule has 8 heteroatoms. The second-order valence-corrected chi connectivity index (χ2v) is 8.73. The van der Waals surface area contributed by atoms with Gasteiger partial charge < -0.3 is 23.7 Å². The van der Waals surface area contributed by atoms with Crippen molar-refractivity contribution in [3.05, 3.63) is 58.1 Å². The van der Waals surface area contributed by atoms with Crippen molar-refractivity contribution in [2.45, 2.75) is 32.7 Å². The van der Waals surface area contributed by atoms with Gasteiger partial charge in [0.15, 0.2) is 5.43 Å². The molecule has 3 heterocycles. The zero-order valence-corrected chi connectivity index (χ0v) is 19.4. The van der Waals surface area contributed by atoms with Gasteiger partial charge in [-0.05, 0) is 30.0 Å². The van der Waals surface area contributed by atoms with E-state index in [1.807, 2.05) is 34.5 Å². The summed E-state index contributed by atoms with van der Waals surface area (Å²) in [4.78, 5) is 28.7. The molecule has 0 amide bonds. The van der Waals surface area contributed by atoms with E-state index in [0.717, 1.165) is 34.7 Å². The van der Waals surface area contributed by atoms with Crippen molar-refractivity contribution in [1.29, 1.82) is 0 Å². The summed E-state index contributed by atoms with van der Waals surface area (Å²) in [6.07, 6.45) is 6.56. The van der Waals surface area contributed by atoms with E-state index in [9.17, 15) is 14.7 Å². The maximum absolute atomic E-state index is 12.6. The number of ether oxygens (including phenoxy) is 2. The third-order valence-electron chi connectivity index (χ3n) is 6.16.